The van der Waals surface area contributed by atoms with Gasteiger partial charge in [0, 0.05) is 60.3 Å². The van der Waals surface area contributed by atoms with Gasteiger partial charge in [-0.15, -0.1) is 23.7 Å². The predicted molar refractivity (Wildman–Crippen MR) is 152 cm³/mol. The second kappa shape index (κ2) is 12.5. The molecule has 0 radical (unpaired) electrons. The van der Waals surface area contributed by atoms with Gasteiger partial charge in [-0.05, 0) is 68.7 Å². The van der Waals surface area contributed by atoms with E-state index in [4.69, 9.17) is 11.6 Å². The van der Waals surface area contributed by atoms with Gasteiger partial charge in [-0.2, -0.15) is 0 Å². The molecule has 2 aliphatic heterocycles. The van der Waals surface area contributed by atoms with Crippen LogP contribution in [0.15, 0.2) is 48.7 Å². The molecule has 4 heterocycles. The molecule has 1 aromatic carbocycles. The molecule has 1 N–H and O–H groups in total. The van der Waals surface area contributed by atoms with Crippen LogP contribution in [0.25, 0.3) is 10.1 Å². The summed E-state index contributed by atoms with van der Waals surface area (Å²) in [7, 11) is 2.18. The number of piperidine rings is 1. The minimum Gasteiger partial charge on any atom is -0.339 e. The average Bonchev–Trinajstić information content (AvgIpc) is 3.32. The van der Waals surface area contributed by atoms with E-state index in [-0.39, 0.29) is 24.2 Å². The van der Waals surface area contributed by atoms with Crippen molar-refractivity contribution >= 4 is 57.2 Å². The number of nitrogens with one attached hydrogen (secondary N) is 1. The van der Waals surface area contributed by atoms with Crippen LogP contribution in [0.5, 0.6) is 0 Å². The SMILES string of the molecule is CN1CCC(N2CCN(C(=O)[C@@H](Cc3ccccn3)NC(=O)c3cc4ccc(Cl)cc4s3)CC2)CC1.Cl. The number of thiophene rings is 1. The Morgan fingerprint density at radius 1 is 1.08 bits per heavy atom. The molecule has 10 heteroatoms. The first-order valence-electron chi connectivity index (χ1n) is 12.6. The average molecular weight is 563 g/mol. The smallest absolute Gasteiger partial charge is 0.262 e. The van der Waals surface area contributed by atoms with Gasteiger partial charge in [-0.25, -0.2) is 0 Å². The van der Waals surface area contributed by atoms with E-state index in [0.29, 0.717) is 35.5 Å². The lowest BCUT2D eigenvalue weighted by atomic mass is 10.0. The Bertz CT molecular complexity index is 1210. The molecule has 0 spiro atoms. The Morgan fingerprint density at radius 2 is 1.84 bits per heavy atom. The monoisotopic (exact) mass is 561 g/mol. The Morgan fingerprint density at radius 3 is 2.54 bits per heavy atom. The maximum atomic E-state index is 13.7. The van der Waals surface area contributed by atoms with Crippen molar-refractivity contribution in [3.05, 3.63) is 64.3 Å². The van der Waals surface area contributed by atoms with E-state index in [1.54, 1.807) is 6.20 Å². The third kappa shape index (κ3) is 6.81. The predicted octanol–water partition coefficient (Wildman–Crippen LogP) is 3.95. The molecule has 1 atom stereocenters. The molecule has 2 aromatic heterocycles. The Balaban J connectivity index is 0.00000320. The van der Waals surface area contributed by atoms with Crippen LogP contribution in [0.2, 0.25) is 5.02 Å². The molecule has 37 heavy (non-hydrogen) atoms. The molecule has 2 saturated heterocycles. The summed E-state index contributed by atoms with van der Waals surface area (Å²) < 4.78 is 0.949. The number of piperazine rings is 1. The number of hydrogen-bond donors (Lipinski definition) is 1. The van der Waals surface area contributed by atoms with Crippen LogP contribution < -0.4 is 5.32 Å². The molecule has 2 amide bonds. The summed E-state index contributed by atoms with van der Waals surface area (Å²) in [5, 5.41) is 4.62. The van der Waals surface area contributed by atoms with Gasteiger partial charge in [0.2, 0.25) is 5.91 Å². The Labute approximate surface area is 233 Å². The van der Waals surface area contributed by atoms with Gasteiger partial charge in [0.25, 0.3) is 5.91 Å². The number of halogens is 2. The molecule has 2 fully saturated rings. The third-order valence-electron chi connectivity index (χ3n) is 7.28. The van der Waals surface area contributed by atoms with Gasteiger partial charge < -0.3 is 15.1 Å². The molecule has 0 unspecified atom stereocenters. The summed E-state index contributed by atoms with van der Waals surface area (Å²) >= 11 is 7.50. The topological polar surface area (TPSA) is 68.8 Å². The highest BCUT2D eigenvalue weighted by Crippen LogP contribution is 2.28. The van der Waals surface area contributed by atoms with Gasteiger partial charge in [0.15, 0.2) is 0 Å². The molecule has 3 aromatic rings. The highest BCUT2D eigenvalue weighted by atomic mass is 35.5. The quantitative estimate of drug-likeness (QED) is 0.493. The normalized spacial score (nSPS) is 18.4. The molecule has 7 nitrogen and oxygen atoms in total. The molecule has 0 saturated carbocycles. The highest BCUT2D eigenvalue weighted by Gasteiger charge is 2.32. The molecule has 198 valence electrons. The molecule has 0 aliphatic carbocycles. The van der Waals surface area contributed by atoms with Crippen molar-refractivity contribution in [2.75, 3.05) is 46.3 Å². The van der Waals surface area contributed by atoms with Gasteiger partial charge in [-0.1, -0.05) is 23.7 Å². The van der Waals surface area contributed by atoms with Crippen molar-refractivity contribution in [1.82, 2.24) is 25.0 Å². The number of likely N-dealkylation sites (tertiary alicyclic amines) is 1. The van der Waals surface area contributed by atoms with E-state index in [2.05, 4.69) is 27.1 Å². The first-order valence-corrected chi connectivity index (χ1v) is 13.8. The molecule has 5 rings (SSSR count). The summed E-state index contributed by atoms with van der Waals surface area (Å²) in [5.41, 5.74) is 0.782. The second-order valence-corrected chi connectivity index (χ2v) is 11.3. The lowest BCUT2D eigenvalue weighted by molar-refractivity contribution is -0.135. The van der Waals surface area contributed by atoms with E-state index in [1.807, 2.05) is 47.4 Å². The number of hydrogen-bond acceptors (Lipinski definition) is 6. The number of rotatable bonds is 6. The zero-order valence-electron chi connectivity index (χ0n) is 20.9. The van der Waals surface area contributed by atoms with Crippen LogP contribution in [0.1, 0.15) is 28.2 Å². The van der Waals surface area contributed by atoms with Crippen molar-refractivity contribution in [3.8, 4) is 0 Å². The van der Waals surface area contributed by atoms with Crippen LogP contribution >= 0.6 is 35.3 Å². The van der Waals surface area contributed by atoms with E-state index in [0.717, 1.165) is 42.0 Å². The van der Waals surface area contributed by atoms with Gasteiger partial charge in [-0.3, -0.25) is 19.5 Å². The lowest BCUT2D eigenvalue weighted by Crippen LogP contribution is -2.58. The largest absolute Gasteiger partial charge is 0.339 e. The summed E-state index contributed by atoms with van der Waals surface area (Å²) in [6.07, 6.45) is 4.44. The summed E-state index contributed by atoms with van der Waals surface area (Å²) in [4.78, 5) is 38.7. The van der Waals surface area contributed by atoms with E-state index in [1.165, 1.54) is 24.2 Å². The zero-order valence-corrected chi connectivity index (χ0v) is 23.3. The summed E-state index contributed by atoms with van der Waals surface area (Å²) in [6, 6.07) is 13.0. The minimum absolute atomic E-state index is 0. The number of fused-ring (bicyclic) bond motifs is 1. The minimum atomic E-state index is -0.670. The second-order valence-electron chi connectivity index (χ2n) is 9.74. The number of carbonyl (C=O) groups is 2. The number of pyridine rings is 1. The first kappa shape index (κ1) is 27.8. The number of aromatic nitrogens is 1. The molecular formula is C27H33Cl2N5O2S. The van der Waals surface area contributed by atoms with Crippen LogP contribution in [0, 0.1) is 0 Å². The van der Waals surface area contributed by atoms with E-state index in [9.17, 15) is 9.59 Å². The summed E-state index contributed by atoms with van der Waals surface area (Å²) in [5.74, 6) is -0.284. The van der Waals surface area contributed by atoms with E-state index >= 15 is 0 Å². The van der Waals surface area contributed by atoms with Crippen molar-refractivity contribution in [2.24, 2.45) is 0 Å². The third-order valence-corrected chi connectivity index (χ3v) is 8.61. The molecular weight excluding hydrogens is 529 g/mol. The van der Waals surface area contributed by atoms with Crippen molar-refractivity contribution < 1.29 is 9.59 Å². The molecule has 0 bridgehead atoms. The number of amides is 2. The van der Waals surface area contributed by atoms with Crippen LogP contribution in [-0.4, -0.2) is 89.9 Å². The standard InChI is InChI=1S/C27H32ClN5O2S.ClH/c1-31-10-7-22(8-11-31)32-12-14-33(15-13-32)27(35)23(18-21-4-2-3-9-29-21)30-26(34)25-16-19-5-6-20(28)17-24(19)36-25;/h2-6,9,16-17,22-23H,7-8,10-15,18H2,1H3,(H,30,34);1H/t23-;/m1./s1. The van der Waals surface area contributed by atoms with Crippen molar-refractivity contribution in [3.63, 3.8) is 0 Å². The fourth-order valence-electron chi connectivity index (χ4n) is 5.16. The highest BCUT2D eigenvalue weighted by molar-refractivity contribution is 7.20. The number of nitrogens with zero attached hydrogens (tertiary/aromatic N) is 4. The van der Waals surface area contributed by atoms with Crippen LogP contribution in [-0.2, 0) is 11.2 Å². The number of carbonyl (C=O) groups excluding carboxylic acids is 2. The van der Waals surface area contributed by atoms with Gasteiger partial charge >= 0.3 is 0 Å². The lowest BCUT2D eigenvalue weighted by Gasteiger charge is -2.42. The van der Waals surface area contributed by atoms with E-state index < -0.39 is 6.04 Å². The van der Waals surface area contributed by atoms with Gasteiger partial charge in [0.05, 0.1) is 4.88 Å². The molecule has 2 aliphatic rings. The number of benzene rings is 1. The van der Waals surface area contributed by atoms with Crippen molar-refractivity contribution in [2.45, 2.75) is 31.3 Å². The maximum Gasteiger partial charge on any atom is 0.262 e. The fraction of sp³-hybridized carbons (Fsp3) is 0.444. The zero-order chi connectivity index (χ0) is 25.1. The van der Waals surface area contributed by atoms with Gasteiger partial charge in [0.1, 0.15) is 6.04 Å². The van der Waals surface area contributed by atoms with Crippen molar-refractivity contribution in [1.29, 1.82) is 0 Å². The fourth-order valence-corrected chi connectivity index (χ4v) is 6.40. The summed E-state index contributed by atoms with van der Waals surface area (Å²) in [6.45, 7) is 5.38. The van der Waals surface area contributed by atoms with Crippen LogP contribution in [0.4, 0.5) is 0 Å². The first-order chi connectivity index (χ1) is 17.5. The maximum absolute atomic E-state index is 13.7. The Hall–Kier alpha value is -2.23. The van der Waals surface area contributed by atoms with Crippen LogP contribution in [0.3, 0.4) is 0 Å². The Kier molecular flexibility index (Phi) is 9.42.